The molecule has 0 spiro atoms. The number of fused-ring (bicyclic) bond motifs is 5. The molecule has 7 unspecified atom stereocenters. The predicted molar refractivity (Wildman–Crippen MR) is 250 cm³/mol. The molecule has 0 saturated heterocycles. The maximum atomic E-state index is 6.94. The van der Waals surface area contributed by atoms with Crippen LogP contribution >= 0.6 is 0 Å². The lowest BCUT2D eigenvalue weighted by Crippen LogP contribution is -2.51. The molecule has 0 heterocycles. The van der Waals surface area contributed by atoms with E-state index in [1.807, 2.05) is 0 Å². The molecule has 0 aromatic rings. The molecule has 4 nitrogen and oxygen atoms in total. The summed E-state index contributed by atoms with van der Waals surface area (Å²) in [5, 5.41) is 0. The Morgan fingerprint density at radius 1 is 0.759 bits per heavy atom. The van der Waals surface area contributed by atoms with Gasteiger partial charge in [0, 0.05) is 13.2 Å². The van der Waals surface area contributed by atoms with Gasteiger partial charge in [0.1, 0.15) is 0 Å². The lowest BCUT2D eigenvalue weighted by Gasteiger charge is -2.58. The van der Waals surface area contributed by atoms with Crippen LogP contribution in [0.15, 0.2) is 36.0 Å². The molecule has 4 rings (SSSR count). The van der Waals surface area contributed by atoms with Crippen molar-refractivity contribution >= 4 is 0 Å². The van der Waals surface area contributed by atoms with E-state index in [9.17, 15) is 0 Å². The maximum absolute atomic E-state index is 6.94. The zero-order chi connectivity index (χ0) is 41.8. The van der Waals surface area contributed by atoms with Gasteiger partial charge in [-0.05, 0) is 157 Å². The van der Waals surface area contributed by atoms with Gasteiger partial charge in [-0.15, -0.1) is 0 Å². The van der Waals surface area contributed by atoms with E-state index in [-0.39, 0.29) is 18.5 Å². The average Bonchev–Trinajstić information content (AvgIpc) is 3.54. The lowest BCUT2D eigenvalue weighted by atomic mass is 9.47. The van der Waals surface area contributed by atoms with Gasteiger partial charge in [-0.25, -0.2) is 0 Å². The smallest absolute Gasteiger partial charge is 0.158 e. The fourth-order valence-electron chi connectivity index (χ4n) is 12.6. The Hall–Kier alpha value is -0.940. The van der Waals surface area contributed by atoms with Crippen molar-refractivity contribution in [1.82, 2.24) is 4.90 Å². The minimum absolute atomic E-state index is 0.0318. The average molecular weight is 808 g/mol. The van der Waals surface area contributed by atoms with E-state index in [1.54, 1.807) is 5.57 Å². The second-order valence-electron chi connectivity index (χ2n) is 21.2. The highest BCUT2D eigenvalue weighted by Crippen LogP contribution is 2.67. The second kappa shape index (κ2) is 26.5. The fraction of sp³-hybridized carbons (Fsp3) is 0.889. The highest BCUT2D eigenvalue weighted by atomic mass is 16.7. The number of unbranched alkanes of at least 4 members (excludes halogenated alkanes) is 9. The Kier molecular flexibility index (Phi) is 22.7. The normalized spacial score (nSPS) is 30.2. The molecule has 3 saturated carbocycles. The van der Waals surface area contributed by atoms with Crippen molar-refractivity contribution in [2.45, 2.75) is 227 Å². The third-order valence-corrected chi connectivity index (χ3v) is 15.8. The molecule has 4 aliphatic carbocycles. The Labute approximate surface area is 361 Å². The Bertz CT molecular complexity index is 1190. The minimum Gasteiger partial charge on any atom is -0.379 e. The van der Waals surface area contributed by atoms with Gasteiger partial charge in [-0.2, -0.15) is 0 Å². The van der Waals surface area contributed by atoms with Crippen LogP contribution in [0.4, 0.5) is 0 Å². The largest absolute Gasteiger partial charge is 0.379 e. The number of rotatable bonds is 30. The maximum Gasteiger partial charge on any atom is 0.158 e. The van der Waals surface area contributed by atoms with Crippen LogP contribution in [-0.2, 0) is 14.2 Å². The summed E-state index contributed by atoms with van der Waals surface area (Å²) < 4.78 is 20.0. The minimum atomic E-state index is -0.153. The first-order chi connectivity index (χ1) is 28.0. The monoisotopic (exact) mass is 808 g/mol. The number of hydrogen-bond donors (Lipinski definition) is 0. The van der Waals surface area contributed by atoms with Crippen LogP contribution in [-0.4, -0.2) is 57.3 Å². The van der Waals surface area contributed by atoms with E-state index < -0.39 is 0 Å². The summed E-state index contributed by atoms with van der Waals surface area (Å²) in [6.45, 7) is 19.7. The molecule has 10 atom stereocenters. The Morgan fingerprint density at radius 3 is 2.19 bits per heavy atom. The number of nitrogens with zero attached hydrogens (tertiary/aromatic N) is 1. The summed E-state index contributed by atoms with van der Waals surface area (Å²) >= 11 is 0. The molecule has 58 heavy (non-hydrogen) atoms. The van der Waals surface area contributed by atoms with E-state index in [0.29, 0.717) is 17.4 Å². The molecule has 0 bridgehead atoms. The van der Waals surface area contributed by atoms with Crippen molar-refractivity contribution in [3.8, 4) is 0 Å². The number of hydrogen-bond acceptors (Lipinski definition) is 4. The molecular formula is C54H97NO3. The summed E-state index contributed by atoms with van der Waals surface area (Å²) in [5.74, 6) is 5.31. The molecule has 336 valence electrons. The number of likely N-dealkylation sites (N-methyl/N-ethyl adjacent to an activating group) is 1. The van der Waals surface area contributed by atoms with Gasteiger partial charge in [-0.3, -0.25) is 0 Å². The zero-order valence-corrected chi connectivity index (χ0v) is 40.1. The van der Waals surface area contributed by atoms with Crippen LogP contribution in [0.3, 0.4) is 0 Å². The predicted octanol–water partition coefficient (Wildman–Crippen LogP) is 15.3. The van der Waals surface area contributed by atoms with Gasteiger partial charge in [0.15, 0.2) is 6.29 Å². The van der Waals surface area contributed by atoms with Crippen molar-refractivity contribution in [2.24, 2.45) is 46.3 Å². The summed E-state index contributed by atoms with van der Waals surface area (Å²) in [6, 6.07) is 0. The third kappa shape index (κ3) is 15.4. The topological polar surface area (TPSA) is 30.9 Å². The van der Waals surface area contributed by atoms with Crippen molar-refractivity contribution in [1.29, 1.82) is 0 Å². The first-order valence-electron chi connectivity index (χ1n) is 25.5. The van der Waals surface area contributed by atoms with Crippen LogP contribution in [0, 0.1) is 46.3 Å². The molecule has 0 radical (unpaired) electrons. The van der Waals surface area contributed by atoms with Crippen LogP contribution in [0.1, 0.15) is 209 Å². The summed E-state index contributed by atoms with van der Waals surface area (Å²) in [7, 11) is 4.29. The quantitative estimate of drug-likeness (QED) is 0.0411. The Balaban J connectivity index is 1.16. The molecule has 3 fully saturated rings. The van der Waals surface area contributed by atoms with Crippen LogP contribution in [0.2, 0.25) is 0 Å². The van der Waals surface area contributed by atoms with E-state index in [1.165, 1.54) is 128 Å². The molecule has 0 aliphatic heterocycles. The van der Waals surface area contributed by atoms with Crippen molar-refractivity contribution < 1.29 is 14.2 Å². The van der Waals surface area contributed by atoms with Crippen molar-refractivity contribution in [3.05, 3.63) is 36.0 Å². The number of allylic oxidation sites excluding steroid dienone is 5. The second-order valence-corrected chi connectivity index (χ2v) is 21.2. The number of ether oxygens (including phenoxy) is 3. The van der Waals surface area contributed by atoms with Gasteiger partial charge < -0.3 is 19.1 Å². The van der Waals surface area contributed by atoms with Crippen molar-refractivity contribution in [3.63, 3.8) is 0 Å². The van der Waals surface area contributed by atoms with E-state index in [2.05, 4.69) is 97.8 Å². The first-order valence-corrected chi connectivity index (χ1v) is 25.5. The molecule has 0 aromatic heterocycles. The van der Waals surface area contributed by atoms with Crippen LogP contribution < -0.4 is 0 Å². The van der Waals surface area contributed by atoms with E-state index in [0.717, 1.165) is 80.8 Å². The highest BCUT2D eigenvalue weighted by Gasteiger charge is 2.59. The molecule has 4 heteroatoms. The van der Waals surface area contributed by atoms with Gasteiger partial charge in [-0.1, -0.05) is 149 Å². The standard InChI is InChI=1S/C54H97NO3/c1-10-12-13-14-15-16-17-18-19-20-21-22-23-24-25-26-39-56-42-47(41-55(8)9)58-52(28-11-2)57-46-35-37-53(6)45(40-46)31-32-48-50-34-33-49(44(5)30-27-29-43(3)4)54(50,7)38-36-51(48)53/h15-16,18-19,31,43-44,46-52H,10-14,17,20-30,32-42H2,1-9H3/b16-15-,19-18-/t44-,46?,47?,48?,49?,50?,51?,52?,53+,54-/m1/s1. The lowest BCUT2D eigenvalue weighted by molar-refractivity contribution is -0.213. The van der Waals surface area contributed by atoms with Crippen LogP contribution in [0.25, 0.3) is 0 Å². The third-order valence-electron chi connectivity index (χ3n) is 15.8. The van der Waals surface area contributed by atoms with Crippen molar-refractivity contribution in [2.75, 3.05) is 33.9 Å². The van der Waals surface area contributed by atoms with Crippen LogP contribution in [0.5, 0.6) is 0 Å². The molecular weight excluding hydrogens is 711 g/mol. The van der Waals surface area contributed by atoms with Gasteiger partial charge in [0.25, 0.3) is 0 Å². The van der Waals surface area contributed by atoms with Gasteiger partial charge >= 0.3 is 0 Å². The summed E-state index contributed by atoms with van der Waals surface area (Å²) in [4.78, 5) is 2.24. The Morgan fingerprint density at radius 2 is 1.48 bits per heavy atom. The van der Waals surface area contributed by atoms with Gasteiger partial charge in [0.05, 0.1) is 18.8 Å². The summed E-state index contributed by atoms with van der Waals surface area (Å²) in [6.07, 6.45) is 44.5. The zero-order valence-electron chi connectivity index (χ0n) is 40.1. The first kappa shape index (κ1) is 49.7. The highest BCUT2D eigenvalue weighted by molar-refractivity contribution is 5.25. The van der Waals surface area contributed by atoms with E-state index in [4.69, 9.17) is 14.2 Å². The molecule has 0 amide bonds. The molecule has 4 aliphatic rings. The van der Waals surface area contributed by atoms with Gasteiger partial charge in [0.2, 0.25) is 0 Å². The molecule has 0 N–H and O–H groups in total. The summed E-state index contributed by atoms with van der Waals surface area (Å²) in [5.41, 5.74) is 2.64. The van der Waals surface area contributed by atoms with E-state index >= 15 is 0 Å². The molecule has 0 aromatic carbocycles. The SMILES string of the molecule is CCCCC/C=C\C/C=C\CCCCCCCCOCC(CN(C)C)OC(CCC)OC1CC[C@@]2(C)C(=CCC3C4CCC([C@H](C)CCCC(C)C)[C@@]4(C)CCC32)C1. The fourth-order valence-corrected chi connectivity index (χ4v) is 12.6.